The molecular formula is C11H12F2N4. The maximum absolute atomic E-state index is 12.9. The molecular weight excluding hydrogens is 226 g/mol. The first-order valence-corrected chi connectivity index (χ1v) is 5.14. The molecule has 1 aromatic heterocycles. The third kappa shape index (κ3) is 3.32. The molecule has 2 aromatic rings. The normalized spacial score (nSPS) is 10.8. The van der Waals surface area contributed by atoms with Crippen LogP contribution >= 0.6 is 0 Å². The lowest BCUT2D eigenvalue weighted by molar-refractivity contribution is 0.573. The highest BCUT2D eigenvalue weighted by Crippen LogP contribution is 2.07. The van der Waals surface area contributed by atoms with Gasteiger partial charge in [-0.1, -0.05) is 0 Å². The smallest absolute Gasteiger partial charge is 0.164 e. The van der Waals surface area contributed by atoms with Gasteiger partial charge in [0.25, 0.3) is 0 Å². The van der Waals surface area contributed by atoms with Crippen LogP contribution in [0.15, 0.2) is 24.5 Å². The number of nitrogens with one attached hydrogen (secondary N) is 1. The highest BCUT2D eigenvalue weighted by atomic mass is 19.1. The molecule has 0 radical (unpaired) electrons. The van der Waals surface area contributed by atoms with Crippen molar-refractivity contribution in [2.45, 2.75) is 13.1 Å². The van der Waals surface area contributed by atoms with Gasteiger partial charge in [0, 0.05) is 19.7 Å². The zero-order chi connectivity index (χ0) is 12.3. The first-order valence-electron chi connectivity index (χ1n) is 5.14. The van der Waals surface area contributed by atoms with Crippen LogP contribution in [0.4, 0.5) is 8.78 Å². The van der Waals surface area contributed by atoms with E-state index in [0.717, 1.165) is 6.07 Å². The molecule has 1 heterocycles. The van der Waals surface area contributed by atoms with Crippen molar-refractivity contribution in [2.75, 3.05) is 0 Å². The zero-order valence-corrected chi connectivity index (χ0v) is 9.32. The van der Waals surface area contributed by atoms with Crippen LogP contribution in [0, 0.1) is 11.6 Å². The molecule has 0 amide bonds. The van der Waals surface area contributed by atoms with Crippen molar-refractivity contribution < 1.29 is 8.78 Å². The molecule has 90 valence electrons. The van der Waals surface area contributed by atoms with Crippen LogP contribution in [0.3, 0.4) is 0 Å². The number of hydrogen-bond acceptors (Lipinski definition) is 3. The Morgan fingerprint density at radius 2 is 1.88 bits per heavy atom. The van der Waals surface area contributed by atoms with E-state index >= 15 is 0 Å². The van der Waals surface area contributed by atoms with Crippen LogP contribution in [-0.2, 0) is 20.1 Å². The fourth-order valence-corrected chi connectivity index (χ4v) is 1.50. The first-order chi connectivity index (χ1) is 8.13. The molecule has 0 fully saturated rings. The highest BCUT2D eigenvalue weighted by Gasteiger charge is 2.02. The highest BCUT2D eigenvalue weighted by molar-refractivity contribution is 5.17. The fraction of sp³-hybridized carbons (Fsp3) is 0.273. The third-order valence-corrected chi connectivity index (χ3v) is 2.18. The van der Waals surface area contributed by atoms with Gasteiger partial charge < -0.3 is 5.32 Å². The lowest BCUT2D eigenvalue weighted by Gasteiger charge is -2.03. The van der Waals surface area contributed by atoms with Gasteiger partial charge >= 0.3 is 0 Å². The molecule has 1 aromatic carbocycles. The van der Waals surface area contributed by atoms with Crippen molar-refractivity contribution in [2.24, 2.45) is 7.05 Å². The molecule has 0 aliphatic heterocycles. The Hall–Kier alpha value is -1.82. The summed E-state index contributed by atoms with van der Waals surface area (Å²) in [7, 11) is 1.78. The largest absolute Gasteiger partial charge is 0.306 e. The predicted octanol–water partition coefficient (Wildman–Crippen LogP) is 1.38. The Morgan fingerprint density at radius 1 is 1.18 bits per heavy atom. The summed E-state index contributed by atoms with van der Waals surface area (Å²) in [5, 5.41) is 7.09. The number of nitrogens with zero attached hydrogens (tertiary/aromatic N) is 3. The maximum atomic E-state index is 12.9. The van der Waals surface area contributed by atoms with Crippen molar-refractivity contribution >= 4 is 0 Å². The maximum Gasteiger partial charge on any atom is 0.164 e. The molecule has 0 atom stereocenters. The lowest BCUT2D eigenvalue weighted by atomic mass is 10.2. The van der Waals surface area contributed by atoms with Gasteiger partial charge in [-0.15, -0.1) is 0 Å². The van der Waals surface area contributed by atoms with Crippen molar-refractivity contribution in [1.82, 2.24) is 20.1 Å². The Balaban J connectivity index is 1.89. The SMILES string of the molecule is Cn1cnc(CNCc2cc(F)cc(F)c2)n1. The number of halogens is 2. The van der Waals surface area contributed by atoms with Gasteiger partial charge in [0.05, 0.1) is 6.54 Å². The topological polar surface area (TPSA) is 42.7 Å². The van der Waals surface area contributed by atoms with Gasteiger partial charge in [-0.3, -0.25) is 4.68 Å². The molecule has 0 aliphatic carbocycles. The Kier molecular flexibility index (Phi) is 3.43. The lowest BCUT2D eigenvalue weighted by Crippen LogP contribution is -2.14. The van der Waals surface area contributed by atoms with Gasteiger partial charge in [0.15, 0.2) is 5.82 Å². The predicted molar refractivity (Wildman–Crippen MR) is 57.9 cm³/mol. The number of aryl methyl sites for hydroxylation is 1. The van der Waals surface area contributed by atoms with E-state index < -0.39 is 11.6 Å². The van der Waals surface area contributed by atoms with E-state index in [1.807, 2.05) is 0 Å². The summed E-state index contributed by atoms with van der Waals surface area (Å²) in [6.45, 7) is 0.825. The number of rotatable bonds is 4. The fourth-order valence-electron chi connectivity index (χ4n) is 1.50. The van der Waals surface area contributed by atoms with Crippen LogP contribution in [0.2, 0.25) is 0 Å². The van der Waals surface area contributed by atoms with Crippen LogP contribution < -0.4 is 5.32 Å². The second-order valence-electron chi connectivity index (χ2n) is 3.72. The molecule has 0 aliphatic rings. The Bertz CT molecular complexity index is 490. The Morgan fingerprint density at radius 3 is 2.47 bits per heavy atom. The summed E-state index contributed by atoms with van der Waals surface area (Å²) in [6.07, 6.45) is 1.60. The van der Waals surface area contributed by atoms with E-state index in [0.29, 0.717) is 24.5 Å². The Labute approximate surface area is 97.3 Å². The van der Waals surface area contributed by atoms with E-state index in [2.05, 4.69) is 15.4 Å². The van der Waals surface area contributed by atoms with Gasteiger partial charge in [-0.25, -0.2) is 13.8 Å². The molecule has 6 heteroatoms. The van der Waals surface area contributed by atoms with Crippen molar-refractivity contribution in [3.8, 4) is 0 Å². The van der Waals surface area contributed by atoms with Crippen LogP contribution in [-0.4, -0.2) is 14.8 Å². The molecule has 0 saturated heterocycles. The molecule has 4 nitrogen and oxygen atoms in total. The molecule has 0 unspecified atom stereocenters. The summed E-state index contributed by atoms with van der Waals surface area (Å²) in [5.74, 6) is -0.500. The van der Waals surface area contributed by atoms with E-state index in [4.69, 9.17) is 0 Å². The number of benzene rings is 1. The summed E-state index contributed by atoms with van der Waals surface area (Å²) in [5.41, 5.74) is 0.554. The quantitative estimate of drug-likeness (QED) is 0.875. The molecule has 0 bridgehead atoms. The summed E-state index contributed by atoms with van der Waals surface area (Å²) >= 11 is 0. The van der Waals surface area contributed by atoms with Gasteiger partial charge in [-0.2, -0.15) is 5.10 Å². The van der Waals surface area contributed by atoms with Gasteiger partial charge in [0.1, 0.15) is 18.0 Å². The van der Waals surface area contributed by atoms with E-state index in [1.165, 1.54) is 12.1 Å². The monoisotopic (exact) mass is 238 g/mol. The molecule has 1 N–H and O–H groups in total. The van der Waals surface area contributed by atoms with Crippen LogP contribution in [0.5, 0.6) is 0 Å². The molecule has 17 heavy (non-hydrogen) atoms. The average molecular weight is 238 g/mol. The van der Waals surface area contributed by atoms with Crippen molar-refractivity contribution in [3.05, 3.63) is 47.5 Å². The first kappa shape index (κ1) is 11.7. The second kappa shape index (κ2) is 5.01. The van der Waals surface area contributed by atoms with Gasteiger partial charge in [0.2, 0.25) is 0 Å². The molecule has 0 spiro atoms. The minimum absolute atomic E-state index is 0.368. The summed E-state index contributed by atoms with van der Waals surface area (Å²) in [6, 6.07) is 3.44. The van der Waals surface area contributed by atoms with Crippen LogP contribution in [0.25, 0.3) is 0 Å². The zero-order valence-electron chi connectivity index (χ0n) is 9.32. The van der Waals surface area contributed by atoms with E-state index in [9.17, 15) is 8.78 Å². The molecule has 2 rings (SSSR count). The van der Waals surface area contributed by atoms with Crippen molar-refractivity contribution in [3.63, 3.8) is 0 Å². The minimum Gasteiger partial charge on any atom is -0.306 e. The number of aromatic nitrogens is 3. The van der Waals surface area contributed by atoms with E-state index in [-0.39, 0.29) is 0 Å². The van der Waals surface area contributed by atoms with Gasteiger partial charge in [-0.05, 0) is 17.7 Å². The molecule has 0 saturated carbocycles. The standard InChI is InChI=1S/C11H12F2N4/c1-17-7-15-11(16-17)6-14-5-8-2-9(12)4-10(13)3-8/h2-4,7,14H,5-6H2,1H3. The van der Waals surface area contributed by atoms with E-state index in [1.54, 1.807) is 18.1 Å². The second-order valence-corrected chi connectivity index (χ2v) is 3.72. The van der Waals surface area contributed by atoms with Crippen LogP contribution in [0.1, 0.15) is 11.4 Å². The van der Waals surface area contributed by atoms with Crippen molar-refractivity contribution in [1.29, 1.82) is 0 Å². The minimum atomic E-state index is -0.572. The summed E-state index contributed by atoms with van der Waals surface area (Å²) < 4.78 is 27.4. The third-order valence-electron chi connectivity index (χ3n) is 2.18. The average Bonchev–Trinajstić information content (AvgIpc) is 2.63. The number of hydrogen-bond donors (Lipinski definition) is 1. The summed E-state index contributed by atoms with van der Waals surface area (Å²) in [4.78, 5) is 4.02.